The van der Waals surface area contributed by atoms with Crippen LogP contribution in [0.2, 0.25) is 0 Å². The monoisotopic (exact) mass is 353 g/mol. The third-order valence-corrected chi connectivity index (χ3v) is 7.18. The van der Waals surface area contributed by atoms with E-state index in [4.69, 9.17) is 0 Å². The number of piperidine rings is 2. The lowest BCUT2D eigenvalue weighted by molar-refractivity contribution is -0.0145. The number of aromatic nitrogens is 1. The summed E-state index contributed by atoms with van der Waals surface area (Å²) in [5, 5.41) is 11.4. The summed E-state index contributed by atoms with van der Waals surface area (Å²) < 4.78 is 2.56. The lowest BCUT2D eigenvalue weighted by atomic mass is 9.65. The number of hydrogen-bond donors (Lipinski definition) is 1. The van der Waals surface area contributed by atoms with Gasteiger partial charge in [0, 0.05) is 41.6 Å². The van der Waals surface area contributed by atoms with Crippen LogP contribution in [0.5, 0.6) is 5.75 Å². The number of fused-ring (bicyclic) bond motifs is 4. The fourth-order valence-corrected chi connectivity index (χ4v) is 6.38. The largest absolute Gasteiger partial charge is 0.508 e. The Morgan fingerprint density at radius 3 is 2.85 bits per heavy atom. The van der Waals surface area contributed by atoms with Gasteiger partial charge in [0.1, 0.15) is 5.75 Å². The van der Waals surface area contributed by atoms with E-state index in [9.17, 15) is 5.11 Å². The van der Waals surface area contributed by atoms with E-state index in [1.165, 1.54) is 48.8 Å². The maximum atomic E-state index is 10.1. The topological polar surface area (TPSA) is 31.6 Å². The van der Waals surface area contributed by atoms with E-state index >= 15 is 0 Å². The third-order valence-electron chi connectivity index (χ3n) is 7.18. The molecule has 2 saturated heterocycles. The van der Waals surface area contributed by atoms with Crippen LogP contribution in [0.4, 0.5) is 0 Å². The molecule has 1 aromatic carbocycles. The van der Waals surface area contributed by atoms with Crippen molar-refractivity contribution < 1.29 is 5.11 Å². The number of benzene rings is 1. The fraction of sp³-hybridized carbons (Fsp3) is 0.636. The SMILES string of the molecule is CC[C@H]1C[C@H]2C[C@H]3c4c(c5cc(O)ccc5n4CN(C)C)CCN(C2)C13. The Morgan fingerprint density at radius 2 is 2.08 bits per heavy atom. The van der Waals surface area contributed by atoms with Crippen molar-refractivity contribution in [2.45, 2.75) is 51.2 Å². The Labute approximate surface area is 156 Å². The molecule has 5 atom stereocenters. The summed E-state index contributed by atoms with van der Waals surface area (Å²) in [6.45, 7) is 5.78. The molecule has 2 aromatic rings. The molecule has 2 unspecified atom stereocenters. The molecule has 4 bridgehead atoms. The second kappa shape index (κ2) is 6.00. The molecule has 6 rings (SSSR count). The van der Waals surface area contributed by atoms with E-state index in [-0.39, 0.29) is 0 Å². The predicted molar refractivity (Wildman–Crippen MR) is 106 cm³/mol. The van der Waals surface area contributed by atoms with E-state index in [0.29, 0.717) is 17.7 Å². The first kappa shape index (κ1) is 16.6. The van der Waals surface area contributed by atoms with Gasteiger partial charge in [-0.25, -0.2) is 0 Å². The second-order valence-electron chi connectivity index (χ2n) is 9.06. The number of phenolic OH excluding ortho intramolecular Hbond substituents is 1. The van der Waals surface area contributed by atoms with Crippen molar-refractivity contribution in [2.75, 3.05) is 27.2 Å². The van der Waals surface area contributed by atoms with Crippen molar-refractivity contribution in [3.8, 4) is 5.75 Å². The van der Waals surface area contributed by atoms with Crippen molar-refractivity contribution in [3.05, 3.63) is 29.5 Å². The minimum atomic E-state index is 0.391. The minimum absolute atomic E-state index is 0.391. The molecule has 4 nitrogen and oxygen atoms in total. The van der Waals surface area contributed by atoms with E-state index in [2.05, 4.69) is 41.5 Å². The molecule has 1 saturated carbocycles. The maximum absolute atomic E-state index is 10.1. The van der Waals surface area contributed by atoms with Crippen LogP contribution in [0.15, 0.2) is 18.2 Å². The van der Waals surface area contributed by atoms with Gasteiger partial charge in [0.05, 0.1) is 6.67 Å². The Bertz CT molecular complexity index is 840. The first-order valence-corrected chi connectivity index (χ1v) is 10.3. The van der Waals surface area contributed by atoms with Crippen LogP contribution in [-0.2, 0) is 13.1 Å². The molecule has 1 aromatic heterocycles. The zero-order chi connectivity index (χ0) is 18.0. The van der Waals surface area contributed by atoms with Gasteiger partial charge in [0.25, 0.3) is 0 Å². The summed E-state index contributed by atoms with van der Waals surface area (Å²) in [5.74, 6) is 2.75. The van der Waals surface area contributed by atoms with Gasteiger partial charge in [-0.2, -0.15) is 0 Å². The summed E-state index contributed by atoms with van der Waals surface area (Å²) >= 11 is 0. The van der Waals surface area contributed by atoms with Gasteiger partial charge >= 0.3 is 0 Å². The highest BCUT2D eigenvalue weighted by molar-refractivity contribution is 5.87. The standard InChI is InChI=1S/C22H31N3O/c1-4-15-9-14-10-19-21(15)24(12-14)8-7-17-18-11-16(26)5-6-20(18)25(22(17)19)13-23(2)3/h5-6,11,14-15,19,21,26H,4,7-10,12-13H2,1-3H3/t14-,15-,19+,21?/m0/s1. The third kappa shape index (κ3) is 2.35. The van der Waals surface area contributed by atoms with Crippen molar-refractivity contribution in [1.29, 1.82) is 0 Å². The fourth-order valence-electron chi connectivity index (χ4n) is 6.38. The quantitative estimate of drug-likeness (QED) is 0.914. The summed E-state index contributed by atoms with van der Waals surface area (Å²) in [7, 11) is 4.31. The van der Waals surface area contributed by atoms with Crippen molar-refractivity contribution in [3.63, 3.8) is 0 Å². The number of phenols is 1. The van der Waals surface area contributed by atoms with Gasteiger partial charge < -0.3 is 9.67 Å². The summed E-state index contributed by atoms with van der Waals surface area (Å²) in [5.41, 5.74) is 4.38. The zero-order valence-corrected chi connectivity index (χ0v) is 16.3. The van der Waals surface area contributed by atoms with Gasteiger partial charge in [0.15, 0.2) is 0 Å². The minimum Gasteiger partial charge on any atom is -0.508 e. The lowest BCUT2D eigenvalue weighted by Gasteiger charge is -2.53. The van der Waals surface area contributed by atoms with E-state index in [1.54, 1.807) is 5.69 Å². The molecule has 3 fully saturated rings. The highest BCUT2D eigenvalue weighted by Gasteiger charge is 2.49. The summed E-state index contributed by atoms with van der Waals surface area (Å²) in [4.78, 5) is 5.08. The Kier molecular flexibility index (Phi) is 3.84. The molecular formula is C22H31N3O. The van der Waals surface area contributed by atoms with Crippen molar-refractivity contribution in [2.24, 2.45) is 11.8 Å². The van der Waals surface area contributed by atoms with Crippen LogP contribution in [0.25, 0.3) is 10.9 Å². The second-order valence-corrected chi connectivity index (χ2v) is 9.06. The van der Waals surface area contributed by atoms with Crippen LogP contribution < -0.4 is 0 Å². The molecule has 0 amide bonds. The number of hydrogen-bond acceptors (Lipinski definition) is 3. The number of rotatable bonds is 3. The van der Waals surface area contributed by atoms with Crippen molar-refractivity contribution >= 4 is 10.9 Å². The van der Waals surface area contributed by atoms with Gasteiger partial charge in [-0.05, 0) is 69.0 Å². The van der Waals surface area contributed by atoms with Gasteiger partial charge in [-0.1, -0.05) is 13.3 Å². The highest BCUT2D eigenvalue weighted by atomic mass is 16.3. The Morgan fingerprint density at radius 1 is 1.23 bits per heavy atom. The molecule has 1 N–H and O–H groups in total. The maximum Gasteiger partial charge on any atom is 0.116 e. The molecule has 0 spiro atoms. The first-order valence-electron chi connectivity index (χ1n) is 10.3. The molecule has 0 radical (unpaired) electrons. The molecule has 4 aliphatic rings. The van der Waals surface area contributed by atoms with Crippen LogP contribution in [0.1, 0.15) is 43.4 Å². The lowest BCUT2D eigenvalue weighted by Crippen LogP contribution is -2.56. The van der Waals surface area contributed by atoms with Crippen molar-refractivity contribution in [1.82, 2.24) is 14.4 Å². The Hall–Kier alpha value is -1.52. The molecule has 3 aliphatic heterocycles. The molecule has 1 aliphatic carbocycles. The average molecular weight is 354 g/mol. The smallest absolute Gasteiger partial charge is 0.116 e. The summed E-state index contributed by atoms with van der Waals surface area (Å²) in [6.07, 6.45) is 5.20. The number of nitrogens with zero attached hydrogens (tertiary/aromatic N) is 3. The number of aromatic hydroxyl groups is 1. The zero-order valence-electron chi connectivity index (χ0n) is 16.3. The molecule has 140 valence electrons. The first-order chi connectivity index (χ1) is 12.6. The molecule has 4 heterocycles. The van der Waals surface area contributed by atoms with Gasteiger partial charge in [-0.15, -0.1) is 0 Å². The van der Waals surface area contributed by atoms with E-state index in [0.717, 1.165) is 24.9 Å². The Balaban J connectivity index is 1.74. The van der Waals surface area contributed by atoms with Crippen LogP contribution in [0.3, 0.4) is 0 Å². The van der Waals surface area contributed by atoms with Crippen LogP contribution in [-0.4, -0.2) is 52.7 Å². The van der Waals surface area contributed by atoms with Gasteiger partial charge in [-0.3, -0.25) is 9.80 Å². The average Bonchev–Trinajstić information content (AvgIpc) is 2.84. The molecule has 26 heavy (non-hydrogen) atoms. The highest BCUT2D eigenvalue weighted by Crippen LogP contribution is 2.52. The van der Waals surface area contributed by atoms with Crippen LogP contribution >= 0.6 is 0 Å². The molecule has 4 heteroatoms. The predicted octanol–water partition coefficient (Wildman–Crippen LogP) is 3.63. The normalized spacial score (nSPS) is 32.8. The van der Waals surface area contributed by atoms with Crippen LogP contribution in [0, 0.1) is 11.8 Å². The molecular weight excluding hydrogens is 322 g/mol. The van der Waals surface area contributed by atoms with E-state index in [1.807, 2.05) is 12.1 Å². The summed E-state index contributed by atoms with van der Waals surface area (Å²) in [6, 6.07) is 6.69. The van der Waals surface area contributed by atoms with E-state index < -0.39 is 0 Å². The van der Waals surface area contributed by atoms with Gasteiger partial charge in [0.2, 0.25) is 0 Å².